The van der Waals surface area contributed by atoms with Crippen molar-refractivity contribution in [2.75, 3.05) is 0 Å². The van der Waals surface area contributed by atoms with Gasteiger partial charge in [-0.1, -0.05) is 6.07 Å². The van der Waals surface area contributed by atoms with Gasteiger partial charge in [0.15, 0.2) is 18.6 Å². The molecule has 4 heteroatoms. The monoisotopic (exact) mass is 228 g/mol. The first-order valence-electron chi connectivity index (χ1n) is 5.23. The molecular formula is C13H12N2O2. The molecule has 0 spiro atoms. The third-order valence-electron chi connectivity index (χ3n) is 2.60. The predicted octanol–water partition coefficient (Wildman–Crippen LogP) is 1.32. The van der Waals surface area contributed by atoms with Gasteiger partial charge in [0.1, 0.15) is 5.60 Å². The molecule has 0 N–H and O–H groups in total. The molecule has 0 aliphatic carbocycles. The molecule has 0 bridgehead atoms. The first-order chi connectivity index (χ1) is 8.04. The van der Waals surface area contributed by atoms with Crippen LogP contribution in [0.25, 0.3) is 11.6 Å². The van der Waals surface area contributed by atoms with Gasteiger partial charge >= 0.3 is 5.97 Å². The number of carbonyl (C=O) groups is 1. The van der Waals surface area contributed by atoms with E-state index in [0.717, 1.165) is 0 Å². The fraction of sp³-hybridized carbons (Fsp3) is 0.231. The maximum Gasteiger partial charge on any atom is 0.345 e. The molecule has 86 valence electrons. The maximum absolute atomic E-state index is 11.5. The third kappa shape index (κ3) is 2.03. The quantitative estimate of drug-likeness (QED) is 0.315. The molecule has 1 fully saturated rings. The summed E-state index contributed by atoms with van der Waals surface area (Å²) in [5.41, 5.74) is -0.0853. The maximum atomic E-state index is 11.5. The van der Waals surface area contributed by atoms with Crippen molar-refractivity contribution < 1.29 is 14.1 Å². The summed E-state index contributed by atoms with van der Waals surface area (Å²) in [5.74, 6) is 1.34. The Morgan fingerprint density at radius 1 is 1.35 bits per heavy atom. The van der Waals surface area contributed by atoms with Crippen LogP contribution in [-0.4, -0.2) is 17.4 Å². The topological polar surface area (TPSA) is 52.5 Å². The average Bonchev–Trinajstić information content (AvgIpc) is 2.50. The van der Waals surface area contributed by atoms with Gasteiger partial charge in [-0.05, 0) is 13.8 Å². The van der Waals surface area contributed by atoms with Gasteiger partial charge in [0.05, 0.1) is 11.1 Å². The van der Waals surface area contributed by atoms with Crippen molar-refractivity contribution in [3.05, 3.63) is 47.1 Å². The highest BCUT2D eigenvalue weighted by Crippen LogP contribution is 2.34. The number of carbonyl (C=O) groups excluding carboxylic acids is 1. The van der Waals surface area contributed by atoms with Crippen LogP contribution in [0.3, 0.4) is 0 Å². The highest BCUT2D eigenvalue weighted by atomic mass is 16.6. The van der Waals surface area contributed by atoms with E-state index in [-0.39, 0.29) is 5.57 Å². The summed E-state index contributed by atoms with van der Waals surface area (Å²) in [6.07, 6.45) is 5.41. The number of rotatable bonds is 1. The van der Waals surface area contributed by atoms with Crippen LogP contribution >= 0.6 is 0 Å². The summed E-state index contributed by atoms with van der Waals surface area (Å²) in [6, 6.07) is 5.63. The Hall–Kier alpha value is -2.19. The lowest BCUT2D eigenvalue weighted by Crippen LogP contribution is -2.29. The molecule has 0 radical (unpaired) electrons. The zero-order valence-electron chi connectivity index (χ0n) is 9.68. The Kier molecular flexibility index (Phi) is 2.66. The fourth-order valence-corrected chi connectivity index (χ4v) is 1.72. The van der Waals surface area contributed by atoms with E-state index in [2.05, 4.69) is 0 Å². The van der Waals surface area contributed by atoms with Crippen LogP contribution in [0.2, 0.25) is 0 Å². The van der Waals surface area contributed by atoms with Crippen molar-refractivity contribution in [1.29, 1.82) is 0 Å². The second-order valence-corrected chi connectivity index (χ2v) is 4.25. The Balaban J connectivity index is 2.53. The minimum absolute atomic E-state index is 0.0753. The summed E-state index contributed by atoms with van der Waals surface area (Å²) in [7, 11) is 0. The third-order valence-corrected chi connectivity index (χ3v) is 2.60. The van der Waals surface area contributed by atoms with Gasteiger partial charge < -0.3 is 10.1 Å². The molecule has 0 amide bonds. The molecule has 1 saturated heterocycles. The molecule has 2 heterocycles. The van der Waals surface area contributed by atoms with Crippen LogP contribution < -0.4 is 4.57 Å². The van der Waals surface area contributed by atoms with Crippen molar-refractivity contribution in [2.24, 2.45) is 0 Å². The molecule has 0 saturated carbocycles. The molecule has 1 aliphatic rings. The van der Waals surface area contributed by atoms with E-state index in [1.165, 1.54) is 0 Å². The number of cyclic esters (lactones) is 1. The van der Waals surface area contributed by atoms with E-state index < -0.39 is 11.6 Å². The highest BCUT2D eigenvalue weighted by Gasteiger charge is 2.42. The molecule has 1 aliphatic heterocycles. The van der Waals surface area contributed by atoms with Crippen LogP contribution in [0.5, 0.6) is 0 Å². The fourth-order valence-electron chi connectivity index (χ4n) is 1.72. The van der Waals surface area contributed by atoms with Gasteiger partial charge in [-0.2, -0.15) is 4.57 Å². The van der Waals surface area contributed by atoms with Crippen LogP contribution in [0.4, 0.5) is 0 Å². The highest BCUT2D eigenvalue weighted by molar-refractivity contribution is 6.07. The van der Waals surface area contributed by atoms with Crippen molar-refractivity contribution >= 4 is 18.0 Å². The summed E-state index contributed by atoms with van der Waals surface area (Å²) in [6.45, 7) is 3.54. The molecular weight excluding hydrogens is 216 g/mol. The molecule has 0 atom stereocenters. The van der Waals surface area contributed by atoms with Crippen molar-refractivity contribution in [3.63, 3.8) is 0 Å². The summed E-state index contributed by atoms with van der Waals surface area (Å²) < 4.78 is 6.95. The second kappa shape index (κ2) is 4.00. The number of ether oxygens (including phenoxy) is 1. The Morgan fingerprint density at radius 3 is 2.59 bits per heavy atom. The second-order valence-electron chi connectivity index (χ2n) is 4.25. The van der Waals surface area contributed by atoms with Gasteiger partial charge in [0.2, 0.25) is 0 Å². The molecule has 17 heavy (non-hydrogen) atoms. The molecule has 0 unspecified atom stereocenters. The summed E-state index contributed by atoms with van der Waals surface area (Å²) >= 11 is 0. The van der Waals surface area contributed by atoms with Crippen LogP contribution in [0.15, 0.2) is 41.7 Å². The van der Waals surface area contributed by atoms with Gasteiger partial charge in [0.25, 0.3) is 0 Å². The Morgan fingerprint density at radius 2 is 2.00 bits per heavy atom. The van der Waals surface area contributed by atoms with Crippen LogP contribution in [-0.2, 0) is 9.53 Å². The summed E-state index contributed by atoms with van der Waals surface area (Å²) in [4.78, 5) is 11.5. The van der Waals surface area contributed by atoms with Crippen molar-refractivity contribution in [2.45, 2.75) is 19.4 Å². The SMILES string of the molecule is CC1(C)OC(=O)C(=C=[N-])/C1=C\[n+]1ccccc1. The molecule has 2 rings (SSSR count). The molecule has 0 aromatic carbocycles. The number of pyridine rings is 1. The zero-order chi connectivity index (χ0) is 12.5. The first kappa shape index (κ1) is 11.3. The van der Waals surface area contributed by atoms with Crippen LogP contribution in [0.1, 0.15) is 13.8 Å². The number of nitrogens with zero attached hydrogens (tertiary/aromatic N) is 2. The van der Waals surface area contributed by atoms with E-state index in [4.69, 9.17) is 10.1 Å². The van der Waals surface area contributed by atoms with E-state index >= 15 is 0 Å². The lowest BCUT2D eigenvalue weighted by Gasteiger charge is -2.15. The number of hydrogen-bond acceptors (Lipinski definition) is 2. The summed E-state index contributed by atoms with van der Waals surface area (Å²) in [5, 5.41) is 8.98. The lowest BCUT2D eigenvalue weighted by atomic mass is 9.96. The van der Waals surface area contributed by atoms with Gasteiger partial charge in [-0.25, -0.2) is 4.79 Å². The first-order valence-corrected chi connectivity index (χ1v) is 5.23. The standard InChI is InChI=1S/C13H12N2O2/c1-13(2)11(10(8-14)12(16)17-13)9-15-6-4-3-5-7-15/h3-7,9H,1-2H3/b11-9+. The minimum Gasteiger partial charge on any atom is -0.763 e. The lowest BCUT2D eigenvalue weighted by molar-refractivity contribution is -0.569. The number of hydrogen-bond donors (Lipinski definition) is 0. The van der Waals surface area contributed by atoms with E-state index in [9.17, 15) is 4.79 Å². The Bertz CT molecular complexity index is 538. The van der Waals surface area contributed by atoms with Gasteiger partial charge in [-0.3, -0.25) is 5.87 Å². The number of aromatic nitrogens is 1. The van der Waals surface area contributed by atoms with Crippen molar-refractivity contribution in [1.82, 2.24) is 0 Å². The van der Waals surface area contributed by atoms with Crippen molar-refractivity contribution in [3.8, 4) is 0 Å². The minimum atomic E-state index is -0.759. The number of esters is 1. The molecule has 1 aromatic rings. The average molecular weight is 228 g/mol. The van der Waals surface area contributed by atoms with Gasteiger partial charge in [0, 0.05) is 12.1 Å². The van der Waals surface area contributed by atoms with Gasteiger partial charge in [-0.15, -0.1) is 0 Å². The predicted molar refractivity (Wildman–Crippen MR) is 63.0 cm³/mol. The normalized spacial score (nSPS) is 20.2. The van der Waals surface area contributed by atoms with E-state index in [1.54, 1.807) is 24.6 Å². The van der Waals surface area contributed by atoms with E-state index in [1.807, 2.05) is 36.5 Å². The molecule has 4 nitrogen and oxygen atoms in total. The van der Waals surface area contributed by atoms with Crippen LogP contribution in [0, 0.1) is 0 Å². The largest absolute Gasteiger partial charge is 0.763 e. The Labute approximate surface area is 99.4 Å². The molecule has 1 aromatic heterocycles. The smallest absolute Gasteiger partial charge is 0.345 e. The zero-order valence-corrected chi connectivity index (χ0v) is 9.68. The van der Waals surface area contributed by atoms with E-state index in [0.29, 0.717) is 5.57 Å².